The summed E-state index contributed by atoms with van der Waals surface area (Å²) in [6.45, 7) is 1.49. The summed E-state index contributed by atoms with van der Waals surface area (Å²) in [4.78, 5) is 20.3. The van der Waals surface area contributed by atoms with E-state index in [9.17, 15) is 4.79 Å². The number of aromatic nitrogens is 3. The summed E-state index contributed by atoms with van der Waals surface area (Å²) >= 11 is 0. The van der Waals surface area contributed by atoms with E-state index in [4.69, 9.17) is 4.98 Å². The van der Waals surface area contributed by atoms with Crippen LogP contribution in [-0.4, -0.2) is 20.4 Å². The van der Waals surface area contributed by atoms with Gasteiger partial charge in [-0.05, 0) is 24.3 Å². The highest BCUT2D eigenvalue weighted by atomic mass is 16.1. The minimum absolute atomic E-state index is 0.0896. The van der Waals surface area contributed by atoms with Crippen molar-refractivity contribution >= 4 is 34.1 Å². The van der Waals surface area contributed by atoms with Crippen molar-refractivity contribution in [2.75, 3.05) is 10.6 Å². The molecule has 0 fully saturated rings. The molecule has 0 aliphatic heterocycles. The highest BCUT2D eigenvalue weighted by Crippen LogP contribution is 2.26. The van der Waals surface area contributed by atoms with Crippen molar-refractivity contribution in [1.82, 2.24) is 14.5 Å². The molecule has 0 spiro atoms. The number of carbonyl (C=O) groups excluding carboxylic acids is 1. The molecule has 0 bridgehead atoms. The standard InChI is InChI=1S/C21H19N5O/c1-14(27)23-16-8-10-17(11-9-16)24-20-12-19-18(13-22-20)25-21(26(19)2)15-6-4-3-5-7-15/h3-13H,1-2H3,(H,22,24)(H,23,27). The predicted molar refractivity (Wildman–Crippen MR) is 108 cm³/mol. The van der Waals surface area contributed by atoms with Crippen molar-refractivity contribution in [3.63, 3.8) is 0 Å². The van der Waals surface area contributed by atoms with Crippen LogP contribution < -0.4 is 10.6 Å². The molecule has 134 valence electrons. The van der Waals surface area contributed by atoms with Crippen LogP contribution in [0.25, 0.3) is 22.4 Å². The number of nitrogens with zero attached hydrogens (tertiary/aromatic N) is 3. The van der Waals surface area contributed by atoms with E-state index in [1.54, 1.807) is 6.20 Å². The minimum atomic E-state index is -0.0896. The van der Waals surface area contributed by atoms with E-state index in [0.29, 0.717) is 0 Å². The van der Waals surface area contributed by atoms with Gasteiger partial charge in [0.25, 0.3) is 0 Å². The van der Waals surface area contributed by atoms with E-state index < -0.39 is 0 Å². The minimum Gasteiger partial charge on any atom is -0.340 e. The SMILES string of the molecule is CC(=O)Nc1ccc(Nc2cc3c(cn2)nc(-c2ccccc2)n3C)cc1. The molecule has 2 N–H and O–H groups in total. The third-order valence-corrected chi connectivity index (χ3v) is 4.28. The van der Waals surface area contributed by atoms with Crippen LogP contribution in [-0.2, 0) is 11.8 Å². The van der Waals surface area contributed by atoms with E-state index in [-0.39, 0.29) is 5.91 Å². The summed E-state index contributed by atoms with van der Waals surface area (Å²) < 4.78 is 2.07. The average molecular weight is 357 g/mol. The predicted octanol–water partition coefficient (Wildman–Crippen LogP) is 4.34. The van der Waals surface area contributed by atoms with Gasteiger partial charge < -0.3 is 15.2 Å². The van der Waals surface area contributed by atoms with Crippen molar-refractivity contribution in [2.45, 2.75) is 6.92 Å². The maximum atomic E-state index is 11.1. The maximum absolute atomic E-state index is 11.1. The van der Waals surface area contributed by atoms with Crippen LogP contribution in [0.3, 0.4) is 0 Å². The summed E-state index contributed by atoms with van der Waals surface area (Å²) in [5.74, 6) is 1.55. The lowest BCUT2D eigenvalue weighted by Gasteiger charge is -2.08. The van der Waals surface area contributed by atoms with Crippen molar-refractivity contribution in [1.29, 1.82) is 0 Å². The van der Waals surface area contributed by atoms with Gasteiger partial charge in [-0.25, -0.2) is 9.97 Å². The van der Waals surface area contributed by atoms with Crippen molar-refractivity contribution in [3.05, 3.63) is 66.9 Å². The molecule has 0 aliphatic carbocycles. The summed E-state index contributed by atoms with van der Waals surface area (Å²) in [6.07, 6.45) is 1.77. The molecule has 4 rings (SSSR count). The van der Waals surface area contributed by atoms with Crippen LogP contribution in [0.5, 0.6) is 0 Å². The quantitative estimate of drug-likeness (QED) is 0.570. The Morgan fingerprint density at radius 2 is 1.70 bits per heavy atom. The molecule has 6 heteroatoms. The van der Waals surface area contributed by atoms with E-state index in [1.165, 1.54) is 6.92 Å². The van der Waals surface area contributed by atoms with E-state index in [1.807, 2.05) is 67.7 Å². The first-order valence-corrected chi connectivity index (χ1v) is 8.63. The second kappa shape index (κ2) is 6.92. The number of benzene rings is 2. The molecule has 1 amide bonds. The number of anilines is 3. The number of aryl methyl sites for hydroxylation is 1. The Labute approximate surface area is 156 Å². The normalized spacial score (nSPS) is 10.7. The van der Waals surface area contributed by atoms with Gasteiger partial charge in [0.1, 0.15) is 17.2 Å². The van der Waals surface area contributed by atoms with Crippen LogP contribution in [0, 0.1) is 0 Å². The smallest absolute Gasteiger partial charge is 0.221 e. The van der Waals surface area contributed by atoms with Crippen LogP contribution in [0.15, 0.2) is 66.9 Å². The zero-order valence-corrected chi connectivity index (χ0v) is 15.1. The monoisotopic (exact) mass is 357 g/mol. The first-order valence-electron chi connectivity index (χ1n) is 8.63. The van der Waals surface area contributed by atoms with Gasteiger partial charge in [-0.2, -0.15) is 0 Å². The Kier molecular flexibility index (Phi) is 4.30. The van der Waals surface area contributed by atoms with Crippen LogP contribution >= 0.6 is 0 Å². The molecule has 2 heterocycles. The third-order valence-electron chi connectivity index (χ3n) is 4.28. The lowest BCUT2D eigenvalue weighted by Crippen LogP contribution is -2.05. The molecule has 0 aliphatic rings. The summed E-state index contributed by atoms with van der Waals surface area (Å²) in [5, 5.41) is 6.04. The van der Waals surface area contributed by atoms with Gasteiger partial charge in [-0.1, -0.05) is 30.3 Å². The van der Waals surface area contributed by atoms with Crippen LogP contribution in [0.2, 0.25) is 0 Å². The molecular formula is C21H19N5O. The number of carbonyl (C=O) groups is 1. The van der Waals surface area contributed by atoms with Gasteiger partial charge in [-0.3, -0.25) is 4.79 Å². The van der Waals surface area contributed by atoms with E-state index in [0.717, 1.165) is 39.6 Å². The topological polar surface area (TPSA) is 71.8 Å². The lowest BCUT2D eigenvalue weighted by atomic mass is 10.2. The van der Waals surface area contributed by atoms with E-state index >= 15 is 0 Å². The molecule has 27 heavy (non-hydrogen) atoms. The molecule has 0 atom stereocenters. The molecule has 0 unspecified atom stereocenters. The molecule has 4 aromatic rings. The fourth-order valence-electron chi connectivity index (χ4n) is 3.00. The first-order chi connectivity index (χ1) is 13.1. The zero-order chi connectivity index (χ0) is 18.8. The van der Waals surface area contributed by atoms with Gasteiger partial charge >= 0.3 is 0 Å². The van der Waals surface area contributed by atoms with Gasteiger partial charge in [0.2, 0.25) is 5.91 Å². The Morgan fingerprint density at radius 1 is 1.00 bits per heavy atom. The number of amides is 1. The van der Waals surface area contributed by atoms with Gasteiger partial charge in [0.05, 0.1) is 11.7 Å². The number of fused-ring (bicyclic) bond motifs is 1. The molecule has 2 aromatic heterocycles. The number of pyridine rings is 1. The Morgan fingerprint density at radius 3 is 2.41 bits per heavy atom. The fraction of sp³-hybridized carbons (Fsp3) is 0.0952. The van der Waals surface area contributed by atoms with Gasteiger partial charge in [-0.15, -0.1) is 0 Å². The number of hydrogen-bond acceptors (Lipinski definition) is 4. The van der Waals surface area contributed by atoms with Gasteiger partial charge in [0, 0.05) is 37.0 Å². The van der Waals surface area contributed by atoms with Gasteiger partial charge in [0.15, 0.2) is 0 Å². The highest BCUT2D eigenvalue weighted by molar-refractivity contribution is 5.89. The van der Waals surface area contributed by atoms with Crippen molar-refractivity contribution < 1.29 is 4.79 Å². The second-order valence-electron chi connectivity index (χ2n) is 6.30. The Balaban J connectivity index is 1.62. The molecule has 0 saturated heterocycles. The molecule has 0 radical (unpaired) electrons. The summed E-state index contributed by atoms with van der Waals surface area (Å²) in [5.41, 5.74) is 4.57. The molecule has 0 saturated carbocycles. The molecule has 6 nitrogen and oxygen atoms in total. The maximum Gasteiger partial charge on any atom is 0.221 e. The zero-order valence-electron chi connectivity index (χ0n) is 15.1. The number of rotatable bonds is 4. The molecule has 2 aromatic carbocycles. The Bertz CT molecular complexity index is 1100. The van der Waals surface area contributed by atoms with Crippen LogP contribution in [0.4, 0.5) is 17.2 Å². The third kappa shape index (κ3) is 3.50. The summed E-state index contributed by atoms with van der Waals surface area (Å²) in [7, 11) is 2.00. The number of hydrogen-bond donors (Lipinski definition) is 2. The second-order valence-corrected chi connectivity index (χ2v) is 6.30. The van der Waals surface area contributed by atoms with Crippen LogP contribution in [0.1, 0.15) is 6.92 Å². The molecular weight excluding hydrogens is 338 g/mol. The number of imidazole rings is 1. The van der Waals surface area contributed by atoms with Crippen molar-refractivity contribution in [2.24, 2.45) is 7.05 Å². The Hall–Kier alpha value is -3.67. The summed E-state index contributed by atoms with van der Waals surface area (Å²) in [6, 6.07) is 19.6. The highest BCUT2D eigenvalue weighted by Gasteiger charge is 2.11. The lowest BCUT2D eigenvalue weighted by molar-refractivity contribution is -0.114. The largest absolute Gasteiger partial charge is 0.340 e. The van der Waals surface area contributed by atoms with Crippen molar-refractivity contribution in [3.8, 4) is 11.4 Å². The average Bonchev–Trinajstić information content (AvgIpc) is 3.00. The fourth-order valence-corrected chi connectivity index (χ4v) is 3.00. The van der Waals surface area contributed by atoms with E-state index in [2.05, 4.69) is 20.2 Å². The first kappa shape index (κ1) is 16.8. The number of nitrogens with one attached hydrogen (secondary N) is 2.